The Morgan fingerprint density at radius 1 is 0.521 bits per heavy atom. The molecule has 3 aliphatic carbocycles. The van der Waals surface area contributed by atoms with E-state index >= 15 is 0 Å². The molecule has 0 N–H and O–H groups in total. The monoisotopic (exact) mass is 678 g/mol. The number of hydrogen-bond donors (Lipinski definition) is 0. The number of hydrogen-bond acceptors (Lipinski definition) is 10. The van der Waals surface area contributed by atoms with Gasteiger partial charge in [-0.1, -0.05) is 26.3 Å². The molecule has 0 atom stereocenters. The lowest BCUT2D eigenvalue weighted by molar-refractivity contribution is -0.165. The molecule has 0 aromatic heterocycles. The summed E-state index contributed by atoms with van der Waals surface area (Å²) in [4.78, 5) is 47.9. The van der Waals surface area contributed by atoms with E-state index in [-0.39, 0.29) is 60.1 Å². The number of unbranched alkanes of at least 4 members (excludes halogenated alkanes) is 6. The van der Waals surface area contributed by atoms with Gasteiger partial charge < -0.3 is 28.4 Å². The molecular weight excluding hydrogens is 616 g/mol. The van der Waals surface area contributed by atoms with Crippen molar-refractivity contribution in [3.8, 4) is 0 Å². The highest BCUT2D eigenvalue weighted by molar-refractivity contribution is 5.81. The van der Waals surface area contributed by atoms with Crippen LogP contribution in [0.1, 0.15) is 142 Å². The first-order chi connectivity index (χ1) is 23.4. The van der Waals surface area contributed by atoms with Gasteiger partial charge >= 0.3 is 23.9 Å². The minimum absolute atomic E-state index is 0.0501. The van der Waals surface area contributed by atoms with E-state index in [1.807, 2.05) is 0 Å². The zero-order chi connectivity index (χ0) is 34.4. The van der Waals surface area contributed by atoms with E-state index in [1.165, 1.54) is 6.08 Å². The fourth-order valence-electron chi connectivity index (χ4n) is 6.85. The van der Waals surface area contributed by atoms with E-state index in [9.17, 15) is 19.2 Å². The largest absolute Gasteiger partial charge is 0.466 e. The van der Waals surface area contributed by atoms with Crippen LogP contribution in [0.3, 0.4) is 0 Å². The van der Waals surface area contributed by atoms with Crippen LogP contribution in [0.5, 0.6) is 0 Å². The first-order valence-corrected chi connectivity index (χ1v) is 19.0. The lowest BCUT2D eigenvalue weighted by Crippen LogP contribution is -2.35. The van der Waals surface area contributed by atoms with Crippen molar-refractivity contribution in [2.24, 2.45) is 11.8 Å². The topological polar surface area (TPSA) is 124 Å². The summed E-state index contributed by atoms with van der Waals surface area (Å²) in [6.07, 6.45) is 19.4. The van der Waals surface area contributed by atoms with Gasteiger partial charge in [0.25, 0.3) is 0 Å². The van der Waals surface area contributed by atoms with Crippen molar-refractivity contribution >= 4 is 23.9 Å². The van der Waals surface area contributed by atoms with Crippen LogP contribution in [0.4, 0.5) is 0 Å². The molecule has 0 spiro atoms. The smallest absolute Gasteiger partial charge is 0.330 e. The molecule has 3 rings (SSSR count). The van der Waals surface area contributed by atoms with Gasteiger partial charge in [-0.2, -0.15) is 0 Å². The third-order valence-electron chi connectivity index (χ3n) is 9.95. The van der Waals surface area contributed by atoms with E-state index in [0.29, 0.717) is 19.6 Å². The van der Waals surface area contributed by atoms with Crippen molar-refractivity contribution in [1.29, 1.82) is 0 Å². The van der Waals surface area contributed by atoms with E-state index in [0.717, 1.165) is 142 Å². The van der Waals surface area contributed by atoms with Crippen LogP contribution in [-0.2, 0) is 47.6 Å². The molecule has 0 aliphatic heterocycles. The fraction of sp³-hybridized carbons (Fsp3) is 0.842. The molecule has 274 valence electrons. The highest BCUT2D eigenvalue weighted by Crippen LogP contribution is 2.32. The highest BCUT2D eigenvalue weighted by atomic mass is 16.6. The minimum atomic E-state index is -0.371. The third kappa shape index (κ3) is 16.3. The molecule has 0 radical (unpaired) electrons. The summed E-state index contributed by atoms with van der Waals surface area (Å²) in [6.45, 7) is 7.58. The Bertz CT molecular complexity index is 943. The lowest BCUT2D eigenvalue weighted by Gasteiger charge is -2.32. The van der Waals surface area contributed by atoms with E-state index < -0.39 is 0 Å². The second kappa shape index (κ2) is 23.8. The Morgan fingerprint density at radius 2 is 0.896 bits per heavy atom. The second-order valence-electron chi connectivity index (χ2n) is 13.7. The molecular formula is C38H62O10. The average molecular weight is 679 g/mol. The Hall–Kier alpha value is -2.46. The Balaban J connectivity index is 1.15. The number of ether oxygens (including phenoxy) is 6. The van der Waals surface area contributed by atoms with Crippen molar-refractivity contribution in [3.05, 3.63) is 12.7 Å². The van der Waals surface area contributed by atoms with Gasteiger partial charge in [0.05, 0.1) is 37.3 Å². The molecule has 3 fully saturated rings. The third-order valence-corrected chi connectivity index (χ3v) is 9.95. The quantitative estimate of drug-likeness (QED) is 0.0497. The standard InChI is InChI=1S/C38H62O10/c1-3-35(39)45-27-11-7-5-9-25-43-31-17-13-29(14-18-31)37(41)47-33-21-23-34(24-22-33)48-38(42)30-15-19-32(20-16-30)44-26-10-6-8-12-28-46-36(40)4-2/h3,29-34H,1,4-28H2,2H3. The molecule has 0 unspecified atom stereocenters. The number of carbonyl (C=O) groups excluding carboxylic acids is 4. The molecule has 0 heterocycles. The first-order valence-electron chi connectivity index (χ1n) is 19.0. The van der Waals surface area contributed by atoms with Crippen LogP contribution in [0.25, 0.3) is 0 Å². The van der Waals surface area contributed by atoms with Crippen LogP contribution < -0.4 is 0 Å². The highest BCUT2D eigenvalue weighted by Gasteiger charge is 2.33. The molecule has 48 heavy (non-hydrogen) atoms. The van der Waals surface area contributed by atoms with Gasteiger partial charge in [0, 0.05) is 25.7 Å². The van der Waals surface area contributed by atoms with Crippen LogP contribution in [0.2, 0.25) is 0 Å². The predicted octanol–water partition coefficient (Wildman–Crippen LogP) is 7.34. The molecule has 0 aromatic rings. The summed E-state index contributed by atoms with van der Waals surface area (Å²) < 4.78 is 34.0. The minimum Gasteiger partial charge on any atom is -0.466 e. The molecule has 0 amide bonds. The second-order valence-corrected chi connectivity index (χ2v) is 13.7. The van der Waals surface area contributed by atoms with Gasteiger partial charge in [-0.15, -0.1) is 0 Å². The zero-order valence-corrected chi connectivity index (χ0v) is 29.5. The van der Waals surface area contributed by atoms with Crippen molar-refractivity contribution in [3.63, 3.8) is 0 Å². The number of esters is 4. The average Bonchev–Trinajstić information content (AvgIpc) is 3.11. The number of carbonyl (C=O) groups is 4. The number of rotatable bonds is 22. The van der Waals surface area contributed by atoms with Gasteiger partial charge in [0.1, 0.15) is 12.2 Å². The molecule has 0 saturated heterocycles. The molecule has 10 heteroatoms. The van der Waals surface area contributed by atoms with Crippen molar-refractivity contribution in [1.82, 2.24) is 0 Å². The molecule has 0 aromatic carbocycles. The van der Waals surface area contributed by atoms with E-state index in [2.05, 4.69) is 6.58 Å². The van der Waals surface area contributed by atoms with Gasteiger partial charge in [-0.05, 0) is 116 Å². The van der Waals surface area contributed by atoms with Crippen LogP contribution in [0.15, 0.2) is 12.7 Å². The molecule has 3 aliphatic rings. The van der Waals surface area contributed by atoms with Crippen LogP contribution >= 0.6 is 0 Å². The summed E-state index contributed by atoms with van der Waals surface area (Å²) in [6, 6.07) is 0. The summed E-state index contributed by atoms with van der Waals surface area (Å²) >= 11 is 0. The van der Waals surface area contributed by atoms with E-state index in [4.69, 9.17) is 28.4 Å². The maximum Gasteiger partial charge on any atom is 0.330 e. The van der Waals surface area contributed by atoms with Gasteiger partial charge in [0.2, 0.25) is 0 Å². The zero-order valence-electron chi connectivity index (χ0n) is 29.5. The maximum atomic E-state index is 12.9. The Kier molecular flexibility index (Phi) is 19.8. The summed E-state index contributed by atoms with van der Waals surface area (Å²) in [5.41, 5.74) is 0. The fourth-order valence-corrected chi connectivity index (χ4v) is 6.85. The maximum absolute atomic E-state index is 12.9. The normalized spacial score (nSPS) is 25.9. The van der Waals surface area contributed by atoms with Crippen molar-refractivity contribution in [2.75, 3.05) is 26.4 Å². The SMILES string of the molecule is C=CC(=O)OCCCCCCOC1CCC(C(=O)OC2CCC(OC(=O)C3CCC(OCCCCCCOC(=O)CC)CC3)CC2)CC1. The molecule has 10 nitrogen and oxygen atoms in total. The predicted molar refractivity (Wildman–Crippen MR) is 181 cm³/mol. The lowest BCUT2D eigenvalue weighted by atomic mass is 9.87. The Labute approximate surface area is 288 Å². The van der Waals surface area contributed by atoms with Crippen LogP contribution in [-0.4, -0.2) is 74.7 Å². The summed E-state index contributed by atoms with van der Waals surface area (Å²) in [5, 5.41) is 0. The molecule has 0 bridgehead atoms. The van der Waals surface area contributed by atoms with Crippen molar-refractivity contribution < 1.29 is 47.6 Å². The van der Waals surface area contributed by atoms with Gasteiger partial charge in [0.15, 0.2) is 0 Å². The first kappa shape index (κ1) is 40.0. The molecule has 3 saturated carbocycles. The summed E-state index contributed by atoms with van der Waals surface area (Å²) in [7, 11) is 0. The Morgan fingerprint density at radius 3 is 1.29 bits per heavy atom. The van der Waals surface area contributed by atoms with Crippen LogP contribution in [0, 0.1) is 11.8 Å². The van der Waals surface area contributed by atoms with E-state index in [1.54, 1.807) is 6.92 Å². The van der Waals surface area contributed by atoms with Gasteiger partial charge in [-0.3, -0.25) is 14.4 Å². The van der Waals surface area contributed by atoms with Crippen molar-refractivity contribution in [2.45, 2.75) is 166 Å². The van der Waals surface area contributed by atoms with Gasteiger partial charge in [-0.25, -0.2) is 4.79 Å². The summed E-state index contributed by atoms with van der Waals surface area (Å²) in [5.74, 6) is -0.775.